The van der Waals surface area contributed by atoms with Gasteiger partial charge in [-0.1, -0.05) is 31.2 Å². The number of aromatic nitrogens is 2. The van der Waals surface area contributed by atoms with Gasteiger partial charge in [-0.05, 0) is 31.4 Å². The summed E-state index contributed by atoms with van der Waals surface area (Å²) in [6, 6.07) is 8.12. The predicted molar refractivity (Wildman–Crippen MR) is 85.4 cm³/mol. The van der Waals surface area contributed by atoms with Gasteiger partial charge in [0, 0.05) is 0 Å². The fraction of sp³-hybridized carbons (Fsp3) is 0.375. The van der Waals surface area contributed by atoms with Crippen LogP contribution in [0.5, 0.6) is 0 Å². The predicted octanol–water partition coefficient (Wildman–Crippen LogP) is 2.97. The van der Waals surface area contributed by atoms with Crippen LogP contribution in [0, 0.1) is 6.92 Å². The van der Waals surface area contributed by atoms with Gasteiger partial charge in [0.1, 0.15) is 0 Å². The van der Waals surface area contributed by atoms with E-state index in [1.54, 1.807) is 17.1 Å². The van der Waals surface area contributed by atoms with E-state index in [2.05, 4.69) is 23.9 Å². The third-order valence-corrected chi connectivity index (χ3v) is 3.26. The highest BCUT2D eigenvalue weighted by Gasteiger charge is 2.00. The lowest BCUT2D eigenvalue weighted by molar-refractivity contribution is 0.0508. The minimum Gasteiger partial charge on any atom is -0.374 e. The lowest BCUT2D eigenvalue weighted by Gasteiger charge is -2.10. The fourth-order valence-electron chi connectivity index (χ4n) is 1.78. The van der Waals surface area contributed by atoms with Crippen LogP contribution in [-0.2, 0) is 11.3 Å². The molecule has 2 rings (SSSR count). The summed E-state index contributed by atoms with van der Waals surface area (Å²) in [5, 5.41) is 4.29. The summed E-state index contributed by atoms with van der Waals surface area (Å²) >= 11 is 0. The third-order valence-electron chi connectivity index (χ3n) is 3.26. The molecule has 0 saturated heterocycles. The van der Waals surface area contributed by atoms with E-state index in [0.29, 0.717) is 18.7 Å². The summed E-state index contributed by atoms with van der Waals surface area (Å²) in [6.07, 6.45) is 4.87. The summed E-state index contributed by atoms with van der Waals surface area (Å²) in [5.41, 5.74) is 8.75. The molecule has 1 aromatic carbocycles. The Morgan fingerprint density at radius 1 is 1.38 bits per heavy atom. The van der Waals surface area contributed by atoms with Crippen LogP contribution in [0.2, 0.25) is 0 Å². The van der Waals surface area contributed by atoms with Gasteiger partial charge >= 0.3 is 0 Å². The number of nitrogens with zero attached hydrogens (tertiary/aromatic N) is 3. The third kappa shape index (κ3) is 4.43. The molecular formula is C16H22N4O. The van der Waals surface area contributed by atoms with Crippen molar-refractivity contribution in [1.29, 1.82) is 0 Å². The Labute approximate surface area is 125 Å². The Morgan fingerprint density at radius 2 is 2.10 bits per heavy atom. The molecule has 0 aliphatic heterocycles. The number of hydrogen-bond acceptors (Lipinski definition) is 4. The van der Waals surface area contributed by atoms with Crippen molar-refractivity contribution in [2.24, 2.45) is 5.10 Å². The quantitative estimate of drug-likeness (QED) is 0.830. The van der Waals surface area contributed by atoms with Crippen molar-refractivity contribution in [3.63, 3.8) is 0 Å². The number of imidazole rings is 1. The second-order valence-electron chi connectivity index (χ2n) is 5.10. The second-order valence-corrected chi connectivity index (χ2v) is 5.10. The van der Waals surface area contributed by atoms with Crippen molar-refractivity contribution in [1.82, 2.24) is 9.66 Å². The van der Waals surface area contributed by atoms with E-state index in [1.165, 1.54) is 0 Å². The second kappa shape index (κ2) is 7.04. The Kier molecular flexibility index (Phi) is 5.11. The first-order valence-electron chi connectivity index (χ1n) is 7.15. The lowest BCUT2D eigenvalue weighted by Crippen LogP contribution is -2.06. The number of benzene rings is 1. The molecule has 0 aliphatic rings. The number of hydrogen-bond donors (Lipinski definition) is 1. The molecule has 5 heteroatoms. The van der Waals surface area contributed by atoms with E-state index in [-0.39, 0.29) is 0 Å². The van der Waals surface area contributed by atoms with Crippen LogP contribution in [0.4, 0.5) is 5.95 Å². The zero-order valence-corrected chi connectivity index (χ0v) is 12.8. The molecule has 0 aliphatic carbocycles. The Hall–Kier alpha value is -2.14. The maximum Gasteiger partial charge on any atom is 0.221 e. The van der Waals surface area contributed by atoms with Gasteiger partial charge in [-0.15, -0.1) is 0 Å². The van der Waals surface area contributed by atoms with E-state index >= 15 is 0 Å². The molecule has 2 aromatic rings. The number of anilines is 1. The number of aryl methyl sites for hydroxylation is 1. The van der Waals surface area contributed by atoms with Gasteiger partial charge in [0.05, 0.1) is 30.8 Å². The Balaban J connectivity index is 1.97. The van der Waals surface area contributed by atoms with Gasteiger partial charge in [-0.3, -0.25) is 0 Å². The molecule has 0 saturated carbocycles. The monoisotopic (exact) mass is 286 g/mol. The van der Waals surface area contributed by atoms with Crippen molar-refractivity contribution in [2.45, 2.75) is 39.9 Å². The highest BCUT2D eigenvalue weighted by atomic mass is 16.5. The maximum absolute atomic E-state index is 5.73. The van der Waals surface area contributed by atoms with Gasteiger partial charge < -0.3 is 10.5 Å². The molecule has 21 heavy (non-hydrogen) atoms. The van der Waals surface area contributed by atoms with E-state index in [9.17, 15) is 0 Å². The first-order chi connectivity index (χ1) is 10.1. The molecule has 1 heterocycles. The number of nitrogen functional groups attached to an aromatic ring is 1. The smallest absolute Gasteiger partial charge is 0.221 e. The van der Waals surface area contributed by atoms with Crippen LogP contribution in [0.25, 0.3) is 0 Å². The molecule has 5 nitrogen and oxygen atoms in total. The summed E-state index contributed by atoms with van der Waals surface area (Å²) in [5.74, 6) is 0.391. The molecule has 0 radical (unpaired) electrons. The van der Waals surface area contributed by atoms with Gasteiger partial charge in [0.2, 0.25) is 5.95 Å². The largest absolute Gasteiger partial charge is 0.374 e. The highest BCUT2D eigenvalue weighted by Crippen LogP contribution is 2.08. The molecule has 0 amide bonds. The van der Waals surface area contributed by atoms with E-state index in [0.717, 1.165) is 23.2 Å². The zero-order valence-electron chi connectivity index (χ0n) is 12.8. The standard InChI is InChI=1S/C16H22N4O/c1-4-13(3)21-11-15-7-5-14(6-8-15)9-18-20-10-12(2)19-16(20)17/h5-10,13H,4,11H2,1-3H3,(H2,17,19). The van der Waals surface area contributed by atoms with Crippen LogP contribution in [-0.4, -0.2) is 22.0 Å². The minimum absolute atomic E-state index is 0.290. The summed E-state index contributed by atoms with van der Waals surface area (Å²) in [4.78, 5) is 4.10. The van der Waals surface area contributed by atoms with E-state index in [4.69, 9.17) is 10.5 Å². The van der Waals surface area contributed by atoms with Crippen molar-refractivity contribution in [3.05, 3.63) is 47.3 Å². The molecule has 0 spiro atoms. The molecule has 1 aromatic heterocycles. The summed E-state index contributed by atoms with van der Waals surface area (Å²) in [7, 11) is 0. The molecule has 1 atom stereocenters. The zero-order chi connectivity index (χ0) is 15.2. The molecule has 2 N–H and O–H groups in total. The summed E-state index contributed by atoms with van der Waals surface area (Å²) < 4.78 is 7.27. The van der Waals surface area contributed by atoms with Crippen molar-refractivity contribution in [3.8, 4) is 0 Å². The van der Waals surface area contributed by atoms with Gasteiger partial charge in [0.15, 0.2) is 0 Å². The lowest BCUT2D eigenvalue weighted by atomic mass is 10.1. The average molecular weight is 286 g/mol. The molecule has 0 fully saturated rings. The topological polar surface area (TPSA) is 65.4 Å². The molecule has 0 bridgehead atoms. The van der Waals surface area contributed by atoms with Crippen molar-refractivity contribution >= 4 is 12.2 Å². The van der Waals surface area contributed by atoms with Crippen LogP contribution < -0.4 is 5.73 Å². The number of rotatable bonds is 6. The normalized spacial score (nSPS) is 12.9. The maximum atomic E-state index is 5.73. The van der Waals surface area contributed by atoms with E-state index < -0.39 is 0 Å². The van der Waals surface area contributed by atoms with E-state index in [1.807, 2.05) is 31.2 Å². The van der Waals surface area contributed by atoms with Crippen molar-refractivity contribution < 1.29 is 4.74 Å². The van der Waals surface area contributed by atoms with Gasteiger partial charge in [0.25, 0.3) is 0 Å². The van der Waals surface area contributed by atoms with Crippen LogP contribution in [0.1, 0.15) is 37.1 Å². The molecule has 112 valence electrons. The number of nitrogens with two attached hydrogens (primary N) is 1. The summed E-state index contributed by atoms with van der Waals surface area (Å²) in [6.45, 7) is 6.72. The molecular weight excluding hydrogens is 264 g/mol. The van der Waals surface area contributed by atoms with Crippen LogP contribution >= 0.6 is 0 Å². The van der Waals surface area contributed by atoms with Gasteiger partial charge in [-0.25, -0.2) is 9.66 Å². The van der Waals surface area contributed by atoms with Crippen LogP contribution in [0.3, 0.4) is 0 Å². The Bertz CT molecular complexity index is 601. The first-order valence-corrected chi connectivity index (χ1v) is 7.15. The first kappa shape index (κ1) is 15.3. The fourth-order valence-corrected chi connectivity index (χ4v) is 1.78. The Morgan fingerprint density at radius 3 is 2.67 bits per heavy atom. The molecule has 1 unspecified atom stereocenters. The highest BCUT2D eigenvalue weighted by molar-refractivity contribution is 5.79. The van der Waals surface area contributed by atoms with Gasteiger partial charge in [-0.2, -0.15) is 5.10 Å². The minimum atomic E-state index is 0.290. The SMILES string of the molecule is CCC(C)OCc1ccc(C=Nn2cc(C)nc2N)cc1. The van der Waals surface area contributed by atoms with Crippen LogP contribution in [0.15, 0.2) is 35.6 Å². The number of ether oxygens (including phenoxy) is 1. The average Bonchev–Trinajstić information content (AvgIpc) is 2.81. The van der Waals surface area contributed by atoms with Crippen molar-refractivity contribution in [2.75, 3.05) is 5.73 Å².